The molecule has 4 heteroatoms. The van der Waals surface area contributed by atoms with Crippen LogP contribution in [0.1, 0.15) is 26.7 Å². The Morgan fingerprint density at radius 3 is 2.35 bits per heavy atom. The summed E-state index contributed by atoms with van der Waals surface area (Å²) >= 11 is 0. The highest BCUT2D eigenvalue weighted by Gasteiger charge is 2.25. The zero-order valence-electron chi connectivity index (χ0n) is 13.0. The topological polar surface area (TPSA) is 33.7 Å². The van der Waals surface area contributed by atoms with Crippen LogP contribution in [0.2, 0.25) is 0 Å². The van der Waals surface area contributed by atoms with Gasteiger partial charge in [0.25, 0.3) is 0 Å². The highest BCUT2D eigenvalue weighted by molar-refractivity contribution is 5.56. The first kappa shape index (κ1) is 15.0. The van der Waals surface area contributed by atoms with Gasteiger partial charge in [-0.25, -0.2) is 0 Å². The zero-order chi connectivity index (χ0) is 14.5. The molecule has 2 rings (SSSR count). The van der Waals surface area contributed by atoms with E-state index in [0.717, 1.165) is 24.6 Å². The third-order valence-corrected chi connectivity index (χ3v) is 4.04. The number of hydrogen-bond acceptors (Lipinski definition) is 4. The third kappa shape index (κ3) is 3.37. The highest BCUT2D eigenvalue weighted by Crippen LogP contribution is 2.32. The number of methoxy groups -OCH3 is 2. The molecule has 1 N–H and O–H groups in total. The third-order valence-electron chi connectivity index (χ3n) is 4.04. The number of hydrogen-bond donors (Lipinski definition) is 1. The van der Waals surface area contributed by atoms with Crippen LogP contribution in [0.15, 0.2) is 18.2 Å². The Morgan fingerprint density at radius 1 is 1.20 bits per heavy atom. The molecule has 2 unspecified atom stereocenters. The molecule has 1 aliphatic rings. The second kappa shape index (κ2) is 6.84. The molecular weight excluding hydrogens is 252 g/mol. The Morgan fingerprint density at radius 2 is 1.85 bits per heavy atom. The summed E-state index contributed by atoms with van der Waals surface area (Å²) in [5, 5.41) is 3.56. The number of anilines is 1. The standard InChI is InChI=1S/C16H26N2O2/c1-5-17-13-6-7-18(12(2)8-13)14-9-15(19-3)11-16(10-14)20-4/h9-13,17H,5-8H2,1-4H3. The van der Waals surface area contributed by atoms with E-state index in [1.807, 2.05) is 6.07 Å². The van der Waals surface area contributed by atoms with Crippen LogP contribution in [0, 0.1) is 0 Å². The lowest BCUT2D eigenvalue weighted by atomic mass is 9.97. The molecular formula is C16H26N2O2. The van der Waals surface area contributed by atoms with Crippen molar-refractivity contribution >= 4 is 5.69 Å². The number of rotatable bonds is 5. The van der Waals surface area contributed by atoms with Gasteiger partial charge in [0.05, 0.1) is 14.2 Å². The van der Waals surface area contributed by atoms with Crippen LogP contribution < -0.4 is 19.7 Å². The first-order chi connectivity index (χ1) is 9.67. The van der Waals surface area contributed by atoms with E-state index in [0.29, 0.717) is 12.1 Å². The summed E-state index contributed by atoms with van der Waals surface area (Å²) in [6.07, 6.45) is 2.35. The van der Waals surface area contributed by atoms with Crippen molar-refractivity contribution < 1.29 is 9.47 Å². The van der Waals surface area contributed by atoms with Gasteiger partial charge >= 0.3 is 0 Å². The van der Waals surface area contributed by atoms with Gasteiger partial charge in [0.2, 0.25) is 0 Å². The minimum absolute atomic E-state index is 0.518. The van der Waals surface area contributed by atoms with Crippen molar-refractivity contribution in [2.24, 2.45) is 0 Å². The quantitative estimate of drug-likeness (QED) is 0.898. The maximum atomic E-state index is 5.36. The van der Waals surface area contributed by atoms with Crippen molar-refractivity contribution in [3.05, 3.63) is 18.2 Å². The lowest BCUT2D eigenvalue weighted by Gasteiger charge is -2.39. The summed E-state index contributed by atoms with van der Waals surface area (Å²) in [7, 11) is 3.39. The predicted molar refractivity (Wildman–Crippen MR) is 83.1 cm³/mol. The average Bonchev–Trinajstić information content (AvgIpc) is 2.47. The molecule has 1 aromatic rings. The van der Waals surface area contributed by atoms with Crippen LogP contribution in [-0.4, -0.2) is 39.4 Å². The summed E-state index contributed by atoms with van der Waals surface area (Å²) in [5.41, 5.74) is 1.18. The molecule has 1 aliphatic heterocycles. The van der Waals surface area contributed by atoms with Crippen LogP contribution in [0.4, 0.5) is 5.69 Å². The van der Waals surface area contributed by atoms with E-state index in [9.17, 15) is 0 Å². The van der Waals surface area contributed by atoms with Crippen molar-refractivity contribution in [2.75, 3.05) is 32.2 Å². The Labute approximate surface area is 122 Å². The summed E-state index contributed by atoms with van der Waals surface area (Å²) in [6.45, 7) is 6.57. The largest absolute Gasteiger partial charge is 0.497 e. The molecule has 0 aliphatic carbocycles. The predicted octanol–water partition coefficient (Wildman–Crippen LogP) is 2.67. The van der Waals surface area contributed by atoms with Crippen molar-refractivity contribution in [1.29, 1.82) is 0 Å². The van der Waals surface area contributed by atoms with E-state index in [2.05, 4.69) is 36.2 Å². The van der Waals surface area contributed by atoms with E-state index in [-0.39, 0.29) is 0 Å². The van der Waals surface area contributed by atoms with Gasteiger partial charge in [-0.3, -0.25) is 0 Å². The van der Waals surface area contributed by atoms with Crippen molar-refractivity contribution in [2.45, 2.75) is 38.8 Å². The van der Waals surface area contributed by atoms with Crippen LogP contribution in [0.5, 0.6) is 11.5 Å². The SMILES string of the molecule is CCNC1CCN(c2cc(OC)cc(OC)c2)C(C)C1. The molecule has 1 fully saturated rings. The molecule has 1 heterocycles. The molecule has 0 aromatic heterocycles. The molecule has 1 saturated heterocycles. The Kier molecular flexibility index (Phi) is 5.12. The molecule has 0 saturated carbocycles. The van der Waals surface area contributed by atoms with Crippen molar-refractivity contribution in [3.8, 4) is 11.5 Å². The molecule has 0 bridgehead atoms. The molecule has 2 atom stereocenters. The summed E-state index contributed by atoms with van der Waals surface area (Å²) in [5.74, 6) is 1.70. The second-order valence-electron chi connectivity index (χ2n) is 5.39. The van der Waals surface area contributed by atoms with Gasteiger partial charge in [0.15, 0.2) is 0 Å². The Bertz CT molecular complexity index is 414. The van der Waals surface area contributed by atoms with E-state index < -0.39 is 0 Å². The van der Waals surface area contributed by atoms with E-state index in [1.54, 1.807) is 14.2 Å². The Balaban J connectivity index is 2.15. The van der Waals surface area contributed by atoms with Gasteiger partial charge in [-0.1, -0.05) is 6.92 Å². The fraction of sp³-hybridized carbons (Fsp3) is 0.625. The van der Waals surface area contributed by atoms with E-state index in [1.165, 1.54) is 18.5 Å². The van der Waals surface area contributed by atoms with Crippen LogP contribution in [0.25, 0.3) is 0 Å². The molecule has 1 aromatic carbocycles. The zero-order valence-corrected chi connectivity index (χ0v) is 13.0. The van der Waals surface area contributed by atoms with Gasteiger partial charge < -0.3 is 19.7 Å². The maximum Gasteiger partial charge on any atom is 0.124 e. The molecule has 20 heavy (non-hydrogen) atoms. The summed E-state index contributed by atoms with van der Waals surface area (Å²) in [4.78, 5) is 2.44. The minimum atomic E-state index is 0.518. The molecule has 4 nitrogen and oxygen atoms in total. The number of nitrogens with zero attached hydrogens (tertiary/aromatic N) is 1. The average molecular weight is 278 g/mol. The molecule has 0 spiro atoms. The van der Waals surface area contributed by atoms with Gasteiger partial charge in [0.1, 0.15) is 11.5 Å². The number of benzene rings is 1. The lowest BCUT2D eigenvalue weighted by Crippen LogP contribution is -2.47. The van der Waals surface area contributed by atoms with Crippen molar-refractivity contribution in [3.63, 3.8) is 0 Å². The van der Waals surface area contributed by atoms with Gasteiger partial charge in [-0.2, -0.15) is 0 Å². The molecule has 0 amide bonds. The van der Waals surface area contributed by atoms with Crippen LogP contribution in [-0.2, 0) is 0 Å². The van der Waals surface area contributed by atoms with E-state index in [4.69, 9.17) is 9.47 Å². The van der Waals surface area contributed by atoms with Gasteiger partial charge in [0, 0.05) is 42.5 Å². The smallest absolute Gasteiger partial charge is 0.124 e. The summed E-state index contributed by atoms with van der Waals surface area (Å²) < 4.78 is 10.7. The van der Waals surface area contributed by atoms with Crippen LogP contribution in [0.3, 0.4) is 0 Å². The summed E-state index contributed by atoms with van der Waals surface area (Å²) in [6, 6.07) is 7.25. The van der Waals surface area contributed by atoms with Crippen molar-refractivity contribution in [1.82, 2.24) is 5.32 Å². The normalized spacial score (nSPS) is 22.7. The fourth-order valence-electron chi connectivity index (χ4n) is 2.99. The van der Waals surface area contributed by atoms with Gasteiger partial charge in [-0.05, 0) is 26.3 Å². The monoisotopic (exact) mass is 278 g/mol. The minimum Gasteiger partial charge on any atom is -0.497 e. The second-order valence-corrected chi connectivity index (χ2v) is 5.39. The number of nitrogens with one attached hydrogen (secondary N) is 1. The first-order valence-corrected chi connectivity index (χ1v) is 7.41. The fourth-order valence-corrected chi connectivity index (χ4v) is 2.99. The van der Waals surface area contributed by atoms with Crippen LogP contribution >= 0.6 is 0 Å². The van der Waals surface area contributed by atoms with Gasteiger partial charge in [-0.15, -0.1) is 0 Å². The number of piperidine rings is 1. The number of ether oxygens (including phenoxy) is 2. The lowest BCUT2D eigenvalue weighted by molar-refractivity contribution is 0.371. The maximum absolute atomic E-state index is 5.36. The van der Waals surface area contributed by atoms with E-state index >= 15 is 0 Å². The first-order valence-electron chi connectivity index (χ1n) is 7.41. The highest BCUT2D eigenvalue weighted by atomic mass is 16.5. The molecule has 112 valence electrons. The molecule has 0 radical (unpaired) electrons. The Hall–Kier alpha value is -1.42.